The van der Waals surface area contributed by atoms with Gasteiger partial charge in [-0.05, 0) is 31.9 Å². The maximum Gasteiger partial charge on any atom is 0.145 e. The summed E-state index contributed by atoms with van der Waals surface area (Å²) in [4.78, 5) is 0. The number of ether oxygens (including phenoxy) is 1. The number of epoxide rings is 1. The Morgan fingerprint density at radius 2 is 2.06 bits per heavy atom. The van der Waals surface area contributed by atoms with Crippen LogP contribution in [0.4, 0.5) is 0 Å². The third kappa shape index (κ3) is 3.10. The predicted molar refractivity (Wildman–Crippen MR) is 63.0 cm³/mol. The van der Waals surface area contributed by atoms with E-state index in [4.69, 9.17) is 9.84 Å². The Morgan fingerprint density at radius 3 is 2.75 bits per heavy atom. The van der Waals surface area contributed by atoms with Crippen LogP contribution in [0.1, 0.15) is 24.0 Å². The zero-order valence-corrected chi connectivity index (χ0v) is 9.44. The highest BCUT2D eigenvalue weighted by Crippen LogP contribution is 2.25. The molecule has 1 heterocycles. The van der Waals surface area contributed by atoms with Crippen molar-refractivity contribution in [1.82, 2.24) is 0 Å². The van der Waals surface area contributed by atoms with Gasteiger partial charge in [-0.15, -0.1) is 0 Å². The van der Waals surface area contributed by atoms with E-state index in [0.717, 1.165) is 18.4 Å². The molecule has 1 aromatic carbocycles. The van der Waals surface area contributed by atoms with Crippen molar-refractivity contribution in [3.8, 4) is 11.8 Å². The van der Waals surface area contributed by atoms with Crippen LogP contribution in [0.25, 0.3) is 0 Å². The molecule has 2 heteroatoms. The fraction of sp³-hybridized carbons (Fsp3) is 0.429. The highest BCUT2D eigenvalue weighted by molar-refractivity contribution is 5.37. The SMILES string of the molecule is Cc1ccc(C#C[C@@H]2O[C@H]2CCCO)cc1. The van der Waals surface area contributed by atoms with Crippen LogP contribution >= 0.6 is 0 Å². The van der Waals surface area contributed by atoms with Crippen molar-refractivity contribution in [2.45, 2.75) is 32.0 Å². The van der Waals surface area contributed by atoms with Crippen molar-refractivity contribution >= 4 is 0 Å². The van der Waals surface area contributed by atoms with E-state index in [2.05, 4.69) is 30.9 Å². The van der Waals surface area contributed by atoms with Crippen LogP contribution in [-0.4, -0.2) is 23.9 Å². The van der Waals surface area contributed by atoms with Gasteiger partial charge in [-0.25, -0.2) is 0 Å². The lowest BCUT2D eigenvalue weighted by Crippen LogP contribution is -1.93. The normalized spacial score (nSPS) is 22.4. The molecule has 2 nitrogen and oxygen atoms in total. The molecule has 0 aromatic heterocycles. The van der Waals surface area contributed by atoms with Crippen molar-refractivity contribution in [1.29, 1.82) is 0 Å². The van der Waals surface area contributed by atoms with Gasteiger partial charge in [0.05, 0.1) is 6.10 Å². The molecule has 1 aliphatic heterocycles. The number of aliphatic hydroxyl groups excluding tert-OH is 1. The zero-order chi connectivity index (χ0) is 11.4. The first-order chi connectivity index (χ1) is 7.79. The summed E-state index contributed by atoms with van der Waals surface area (Å²) in [6.07, 6.45) is 2.02. The first-order valence-corrected chi connectivity index (χ1v) is 5.64. The van der Waals surface area contributed by atoms with E-state index in [1.165, 1.54) is 5.56 Å². The van der Waals surface area contributed by atoms with Crippen LogP contribution in [-0.2, 0) is 4.74 Å². The summed E-state index contributed by atoms with van der Waals surface area (Å²) in [5, 5.41) is 8.67. The molecule has 0 radical (unpaired) electrons. The van der Waals surface area contributed by atoms with Crippen molar-refractivity contribution < 1.29 is 9.84 Å². The maximum atomic E-state index is 8.67. The summed E-state index contributed by atoms with van der Waals surface area (Å²) in [5.41, 5.74) is 2.27. The summed E-state index contributed by atoms with van der Waals surface area (Å²) < 4.78 is 5.38. The minimum absolute atomic E-state index is 0.0767. The molecule has 0 amide bonds. The van der Waals surface area contributed by atoms with Crippen molar-refractivity contribution in [2.75, 3.05) is 6.61 Å². The summed E-state index contributed by atoms with van der Waals surface area (Å²) in [7, 11) is 0. The van der Waals surface area contributed by atoms with Gasteiger partial charge in [0.15, 0.2) is 0 Å². The van der Waals surface area contributed by atoms with E-state index in [1.807, 2.05) is 12.1 Å². The van der Waals surface area contributed by atoms with Crippen LogP contribution < -0.4 is 0 Å². The number of hydrogen-bond donors (Lipinski definition) is 1. The van der Waals surface area contributed by atoms with E-state index in [0.29, 0.717) is 0 Å². The number of aryl methyl sites for hydroxylation is 1. The minimum Gasteiger partial charge on any atom is -0.396 e. The lowest BCUT2D eigenvalue weighted by atomic mass is 10.1. The van der Waals surface area contributed by atoms with Gasteiger partial charge in [-0.1, -0.05) is 29.5 Å². The molecule has 1 N–H and O–H groups in total. The van der Waals surface area contributed by atoms with E-state index < -0.39 is 0 Å². The molecular formula is C14H16O2. The lowest BCUT2D eigenvalue weighted by molar-refractivity contribution is 0.273. The summed E-state index contributed by atoms with van der Waals surface area (Å²) >= 11 is 0. The van der Waals surface area contributed by atoms with E-state index in [-0.39, 0.29) is 18.8 Å². The fourth-order valence-electron chi connectivity index (χ4n) is 1.57. The van der Waals surface area contributed by atoms with Gasteiger partial charge >= 0.3 is 0 Å². The van der Waals surface area contributed by atoms with Crippen LogP contribution in [0.2, 0.25) is 0 Å². The average Bonchev–Trinajstić information content (AvgIpc) is 3.04. The Balaban J connectivity index is 1.85. The van der Waals surface area contributed by atoms with Crippen LogP contribution in [0.5, 0.6) is 0 Å². The first-order valence-electron chi connectivity index (χ1n) is 5.64. The molecule has 1 aromatic rings. The molecular weight excluding hydrogens is 200 g/mol. The van der Waals surface area contributed by atoms with Gasteiger partial charge in [0, 0.05) is 12.2 Å². The number of hydrogen-bond acceptors (Lipinski definition) is 2. The van der Waals surface area contributed by atoms with Gasteiger partial charge in [-0.3, -0.25) is 0 Å². The van der Waals surface area contributed by atoms with Crippen molar-refractivity contribution in [3.63, 3.8) is 0 Å². The van der Waals surface area contributed by atoms with E-state index in [1.54, 1.807) is 0 Å². The minimum atomic E-state index is 0.0767. The molecule has 1 fully saturated rings. The summed E-state index contributed by atoms with van der Waals surface area (Å²) in [6.45, 7) is 2.30. The summed E-state index contributed by atoms with van der Waals surface area (Å²) in [5.74, 6) is 6.20. The molecule has 0 unspecified atom stereocenters. The predicted octanol–water partition coefficient (Wildman–Crippen LogP) is 1.89. The molecule has 1 aliphatic rings. The second-order valence-electron chi connectivity index (χ2n) is 4.10. The number of aliphatic hydroxyl groups is 1. The van der Waals surface area contributed by atoms with Gasteiger partial charge < -0.3 is 9.84 Å². The van der Waals surface area contributed by atoms with Gasteiger partial charge in [0.1, 0.15) is 6.10 Å². The Labute approximate surface area is 96.3 Å². The summed E-state index contributed by atoms with van der Waals surface area (Å²) in [6, 6.07) is 8.16. The number of rotatable bonds is 3. The topological polar surface area (TPSA) is 32.8 Å². The first kappa shape index (κ1) is 11.2. The second kappa shape index (κ2) is 5.16. The Bertz CT molecular complexity index is 397. The quantitative estimate of drug-likeness (QED) is 0.618. The third-order valence-corrected chi connectivity index (χ3v) is 2.64. The largest absolute Gasteiger partial charge is 0.396 e. The van der Waals surface area contributed by atoms with Gasteiger partial charge in [0.25, 0.3) is 0 Å². The molecule has 0 saturated carbocycles. The molecule has 84 valence electrons. The standard InChI is InChI=1S/C14H16O2/c1-11-4-6-12(7-5-11)8-9-14-13(16-14)3-2-10-15/h4-7,13-15H,2-3,10H2,1H3/t13-,14-/m0/s1. The van der Waals surface area contributed by atoms with Gasteiger partial charge in [0.2, 0.25) is 0 Å². The monoisotopic (exact) mass is 216 g/mol. The molecule has 0 bridgehead atoms. The smallest absolute Gasteiger partial charge is 0.145 e. The average molecular weight is 216 g/mol. The van der Waals surface area contributed by atoms with Crippen LogP contribution in [0.3, 0.4) is 0 Å². The third-order valence-electron chi connectivity index (χ3n) is 2.64. The fourth-order valence-corrected chi connectivity index (χ4v) is 1.57. The molecule has 2 atom stereocenters. The lowest BCUT2D eigenvalue weighted by Gasteiger charge is -1.91. The highest BCUT2D eigenvalue weighted by atomic mass is 16.6. The maximum absolute atomic E-state index is 8.67. The van der Waals surface area contributed by atoms with Gasteiger partial charge in [-0.2, -0.15) is 0 Å². The number of benzene rings is 1. The molecule has 16 heavy (non-hydrogen) atoms. The van der Waals surface area contributed by atoms with Crippen LogP contribution in [0.15, 0.2) is 24.3 Å². The zero-order valence-electron chi connectivity index (χ0n) is 9.44. The van der Waals surface area contributed by atoms with Crippen molar-refractivity contribution in [2.24, 2.45) is 0 Å². The van der Waals surface area contributed by atoms with E-state index >= 15 is 0 Å². The second-order valence-corrected chi connectivity index (χ2v) is 4.10. The Morgan fingerprint density at radius 1 is 1.31 bits per heavy atom. The Hall–Kier alpha value is -1.30. The molecule has 0 aliphatic carbocycles. The Kier molecular flexibility index (Phi) is 3.61. The molecule has 0 spiro atoms. The van der Waals surface area contributed by atoms with Crippen molar-refractivity contribution in [3.05, 3.63) is 35.4 Å². The molecule has 1 saturated heterocycles. The van der Waals surface area contributed by atoms with E-state index in [9.17, 15) is 0 Å². The highest BCUT2D eigenvalue weighted by Gasteiger charge is 2.36. The van der Waals surface area contributed by atoms with Crippen LogP contribution in [0, 0.1) is 18.8 Å². The molecule has 2 rings (SSSR count).